The Hall–Kier alpha value is -3.50. The highest BCUT2D eigenvalue weighted by molar-refractivity contribution is 7.80. The molecule has 27 heavy (non-hydrogen) atoms. The number of thiocarbonyl (C=S) groups is 1. The van der Waals surface area contributed by atoms with Gasteiger partial charge in [0.2, 0.25) is 0 Å². The highest BCUT2D eigenvalue weighted by atomic mass is 32.1. The minimum absolute atomic E-state index is 0.0889. The Balaban J connectivity index is 1.87. The van der Waals surface area contributed by atoms with Crippen LogP contribution in [0.25, 0.3) is 22.4 Å². The van der Waals surface area contributed by atoms with Crippen LogP contribution in [-0.4, -0.2) is 21.1 Å². The number of nitrogens with one attached hydrogen (secondary N) is 1. The molecule has 0 unspecified atom stereocenters. The van der Waals surface area contributed by atoms with Gasteiger partial charge in [-0.05, 0) is 29.4 Å². The fourth-order valence-corrected chi connectivity index (χ4v) is 2.69. The smallest absolute Gasteiger partial charge is 0.184 e. The topological polar surface area (TPSA) is 92.0 Å². The minimum Gasteiger partial charge on any atom is -0.375 e. The fraction of sp³-hybridized carbons (Fsp3) is 0.100. The Labute approximate surface area is 162 Å². The second kappa shape index (κ2) is 8.74. The van der Waals surface area contributed by atoms with Crippen molar-refractivity contribution in [1.82, 2.24) is 15.2 Å². The van der Waals surface area contributed by atoms with E-state index >= 15 is 0 Å². The number of hydrazone groups is 1. The van der Waals surface area contributed by atoms with E-state index in [0.29, 0.717) is 13.0 Å². The number of nitriles is 1. The monoisotopic (exact) mass is 374 g/mol. The first-order valence-corrected chi connectivity index (χ1v) is 8.77. The van der Waals surface area contributed by atoms with E-state index in [4.69, 9.17) is 23.2 Å². The summed E-state index contributed by atoms with van der Waals surface area (Å²) in [5, 5.41) is 17.5. The van der Waals surface area contributed by atoms with Crippen molar-refractivity contribution in [2.75, 3.05) is 0 Å². The molecule has 0 amide bonds. The second-order valence-electron chi connectivity index (χ2n) is 5.76. The lowest BCUT2D eigenvalue weighted by Crippen LogP contribution is -2.24. The predicted molar refractivity (Wildman–Crippen MR) is 111 cm³/mol. The van der Waals surface area contributed by atoms with E-state index in [9.17, 15) is 0 Å². The molecule has 0 radical (unpaired) electrons. The number of rotatable bonds is 6. The first kappa shape index (κ1) is 18.3. The predicted octanol–water partition coefficient (Wildman–Crippen LogP) is 3.30. The Morgan fingerprint density at radius 2 is 1.81 bits per heavy atom. The van der Waals surface area contributed by atoms with Crippen LogP contribution in [0, 0.1) is 11.3 Å². The Morgan fingerprint density at radius 1 is 1.15 bits per heavy atom. The van der Waals surface area contributed by atoms with Crippen LogP contribution in [0.4, 0.5) is 0 Å². The third kappa shape index (κ3) is 4.77. The number of aryl methyl sites for hydroxylation is 1. The van der Waals surface area contributed by atoms with Gasteiger partial charge in [-0.3, -0.25) is 10.1 Å². The summed E-state index contributed by atoms with van der Waals surface area (Å²) in [7, 11) is 0. The molecular formula is C20H18N6S. The molecule has 2 aromatic carbocycles. The van der Waals surface area contributed by atoms with Crippen LogP contribution in [-0.2, 0) is 6.54 Å². The Morgan fingerprint density at radius 3 is 2.48 bits per heavy atom. The highest BCUT2D eigenvalue weighted by Gasteiger charge is 2.09. The molecule has 6 nitrogen and oxygen atoms in total. The van der Waals surface area contributed by atoms with Crippen LogP contribution < -0.4 is 11.2 Å². The van der Waals surface area contributed by atoms with Crippen molar-refractivity contribution in [3.05, 3.63) is 66.4 Å². The molecule has 7 heteroatoms. The molecule has 3 rings (SSSR count). The van der Waals surface area contributed by atoms with E-state index < -0.39 is 0 Å². The van der Waals surface area contributed by atoms with Gasteiger partial charge in [-0.25, -0.2) is 0 Å². The largest absolute Gasteiger partial charge is 0.375 e. The van der Waals surface area contributed by atoms with Crippen LogP contribution in [0.15, 0.2) is 65.8 Å². The van der Waals surface area contributed by atoms with Crippen molar-refractivity contribution in [3.63, 3.8) is 0 Å². The summed E-state index contributed by atoms with van der Waals surface area (Å²) >= 11 is 4.74. The lowest BCUT2D eigenvalue weighted by molar-refractivity contribution is 0.625. The van der Waals surface area contributed by atoms with E-state index in [2.05, 4.69) is 46.0 Å². The third-order valence-electron chi connectivity index (χ3n) is 3.91. The Kier molecular flexibility index (Phi) is 5.92. The molecule has 0 aliphatic carbocycles. The molecule has 0 saturated heterocycles. The molecule has 1 aromatic heterocycles. The van der Waals surface area contributed by atoms with Gasteiger partial charge < -0.3 is 5.73 Å². The van der Waals surface area contributed by atoms with E-state index in [0.717, 1.165) is 22.5 Å². The zero-order chi connectivity index (χ0) is 19.1. The van der Waals surface area contributed by atoms with Gasteiger partial charge in [0.1, 0.15) is 0 Å². The molecule has 0 fully saturated rings. The first-order chi connectivity index (χ1) is 13.2. The van der Waals surface area contributed by atoms with Crippen LogP contribution in [0.5, 0.6) is 0 Å². The summed E-state index contributed by atoms with van der Waals surface area (Å²) in [6, 6.07) is 22.5. The molecule has 0 bridgehead atoms. The van der Waals surface area contributed by atoms with Gasteiger partial charge in [0, 0.05) is 5.56 Å². The van der Waals surface area contributed by atoms with E-state index in [1.807, 2.05) is 36.4 Å². The number of hydrogen-bond donors (Lipinski definition) is 2. The van der Waals surface area contributed by atoms with Gasteiger partial charge in [-0.1, -0.05) is 54.6 Å². The lowest BCUT2D eigenvalue weighted by atomic mass is 10.0. The summed E-state index contributed by atoms with van der Waals surface area (Å²) in [4.78, 5) is 0. The van der Waals surface area contributed by atoms with Crippen molar-refractivity contribution < 1.29 is 0 Å². The number of benzene rings is 2. The molecule has 0 atom stereocenters. The molecule has 0 aliphatic heterocycles. The SMILES string of the molecule is N#CCCn1nc(-c2ccc(-c3ccccc3)cc2)cc1/C=N/NC(N)=S. The van der Waals surface area contributed by atoms with Gasteiger partial charge in [0.15, 0.2) is 5.11 Å². The first-order valence-electron chi connectivity index (χ1n) is 8.36. The number of hydrogen-bond acceptors (Lipinski definition) is 4. The van der Waals surface area contributed by atoms with E-state index in [-0.39, 0.29) is 5.11 Å². The van der Waals surface area contributed by atoms with Crippen molar-refractivity contribution in [2.45, 2.75) is 13.0 Å². The zero-order valence-corrected chi connectivity index (χ0v) is 15.4. The van der Waals surface area contributed by atoms with Crippen LogP contribution in [0.2, 0.25) is 0 Å². The average molecular weight is 374 g/mol. The summed E-state index contributed by atoms with van der Waals surface area (Å²) in [5.74, 6) is 0. The third-order valence-corrected chi connectivity index (χ3v) is 4.00. The standard InChI is InChI=1S/C20H18N6S/c21-11-4-12-26-18(14-23-24-20(22)27)13-19(25-26)17-9-7-16(8-10-17)15-5-2-1-3-6-15/h1-3,5-10,13-14H,4,12H2,(H3,22,24,27)/b23-14+. The normalized spacial score (nSPS) is 10.6. The molecular weight excluding hydrogens is 356 g/mol. The van der Waals surface area contributed by atoms with Gasteiger partial charge >= 0.3 is 0 Å². The molecule has 134 valence electrons. The summed E-state index contributed by atoms with van der Waals surface area (Å²) in [6.07, 6.45) is 1.95. The number of nitrogens with two attached hydrogens (primary N) is 1. The molecule has 0 aliphatic rings. The molecule has 3 N–H and O–H groups in total. The number of aromatic nitrogens is 2. The lowest BCUT2D eigenvalue weighted by Gasteiger charge is -2.03. The zero-order valence-electron chi connectivity index (χ0n) is 14.5. The molecule has 3 aromatic rings. The quantitative estimate of drug-likeness (QED) is 0.392. The van der Waals surface area contributed by atoms with Crippen molar-refractivity contribution >= 4 is 23.5 Å². The van der Waals surface area contributed by atoms with Crippen molar-refractivity contribution in [3.8, 4) is 28.5 Å². The maximum Gasteiger partial charge on any atom is 0.184 e. The molecule has 1 heterocycles. The second-order valence-corrected chi connectivity index (χ2v) is 6.20. The minimum atomic E-state index is 0.0889. The summed E-state index contributed by atoms with van der Waals surface area (Å²) < 4.78 is 1.74. The van der Waals surface area contributed by atoms with Gasteiger partial charge in [0.25, 0.3) is 0 Å². The number of nitrogens with zero attached hydrogens (tertiary/aromatic N) is 4. The van der Waals surface area contributed by atoms with Crippen LogP contribution in [0.3, 0.4) is 0 Å². The van der Waals surface area contributed by atoms with Crippen molar-refractivity contribution in [1.29, 1.82) is 5.26 Å². The average Bonchev–Trinajstić information content (AvgIpc) is 3.10. The van der Waals surface area contributed by atoms with Gasteiger partial charge in [0.05, 0.1) is 36.6 Å². The maximum absolute atomic E-state index is 8.86. The summed E-state index contributed by atoms with van der Waals surface area (Å²) in [6.45, 7) is 0.479. The van der Waals surface area contributed by atoms with Crippen molar-refractivity contribution in [2.24, 2.45) is 10.8 Å². The van der Waals surface area contributed by atoms with Crippen LogP contribution >= 0.6 is 12.2 Å². The fourth-order valence-electron chi connectivity index (χ4n) is 2.64. The van der Waals surface area contributed by atoms with E-state index in [1.165, 1.54) is 5.56 Å². The van der Waals surface area contributed by atoms with E-state index in [1.54, 1.807) is 10.9 Å². The Bertz CT molecular complexity index is 984. The molecule has 0 saturated carbocycles. The van der Waals surface area contributed by atoms with Gasteiger partial charge in [-0.2, -0.15) is 15.5 Å². The maximum atomic E-state index is 8.86. The molecule has 0 spiro atoms. The van der Waals surface area contributed by atoms with Crippen LogP contribution in [0.1, 0.15) is 12.1 Å². The summed E-state index contributed by atoms with van der Waals surface area (Å²) in [5.41, 5.74) is 12.8. The van der Waals surface area contributed by atoms with Gasteiger partial charge in [-0.15, -0.1) is 0 Å². The highest BCUT2D eigenvalue weighted by Crippen LogP contribution is 2.24.